The van der Waals surface area contributed by atoms with Crippen molar-refractivity contribution in [1.82, 2.24) is 0 Å². The Kier molecular flexibility index (Phi) is 7.37. The van der Waals surface area contributed by atoms with Gasteiger partial charge in [-0.1, -0.05) is 39.1 Å². The Labute approximate surface area is 147 Å². The van der Waals surface area contributed by atoms with E-state index in [9.17, 15) is 23.7 Å². The predicted octanol–water partition coefficient (Wildman–Crippen LogP) is 0.984. The van der Waals surface area contributed by atoms with Gasteiger partial charge >= 0.3 is 23.5 Å². The van der Waals surface area contributed by atoms with Crippen LogP contribution in [0.4, 0.5) is 0 Å². The standard InChI is InChI=1S/C5H10BrCl2O12P3/c6-4-5(7,8)3(9)2(18-4)1-17-22(13,14)20-23(15,16)19-21(10,11)12/h2-4,9H,1H2,(H,13,14)(H,15,16)(H2,10,11,12)/t2-,3-,4-/m1/s1. The van der Waals surface area contributed by atoms with E-state index in [4.69, 9.17) is 42.6 Å². The second-order valence-corrected chi connectivity index (χ2v) is 10.7. The summed E-state index contributed by atoms with van der Waals surface area (Å²) in [6.07, 6.45) is -2.89. The molecule has 0 aromatic carbocycles. The highest BCUT2D eigenvalue weighted by molar-refractivity contribution is 9.09. The summed E-state index contributed by atoms with van der Waals surface area (Å²) in [5.74, 6) is 0. The van der Waals surface area contributed by atoms with Crippen LogP contribution < -0.4 is 0 Å². The van der Waals surface area contributed by atoms with Crippen LogP contribution in [0, 0.1) is 0 Å². The van der Waals surface area contributed by atoms with Crippen LogP contribution in [0.2, 0.25) is 0 Å². The maximum Gasteiger partial charge on any atom is 0.490 e. The van der Waals surface area contributed by atoms with Gasteiger partial charge < -0.3 is 29.4 Å². The Morgan fingerprint density at radius 2 is 1.61 bits per heavy atom. The average Bonchev–Trinajstić information content (AvgIpc) is 2.45. The largest absolute Gasteiger partial charge is 0.490 e. The Hall–Kier alpha value is 1.39. The summed E-state index contributed by atoms with van der Waals surface area (Å²) >= 11 is 14.3. The summed E-state index contributed by atoms with van der Waals surface area (Å²) in [4.78, 5) is 34.9. The molecule has 0 radical (unpaired) electrons. The molecule has 0 aromatic heterocycles. The predicted molar refractivity (Wildman–Crippen MR) is 77.8 cm³/mol. The topological polar surface area (TPSA) is 189 Å². The lowest BCUT2D eigenvalue weighted by atomic mass is 10.2. The third-order valence-corrected chi connectivity index (χ3v) is 8.27. The fourth-order valence-corrected chi connectivity index (χ4v) is 5.26. The van der Waals surface area contributed by atoms with E-state index in [2.05, 4.69) is 29.1 Å². The maximum atomic E-state index is 11.5. The zero-order valence-corrected chi connectivity index (χ0v) is 16.3. The van der Waals surface area contributed by atoms with Gasteiger partial charge in [0.05, 0.1) is 6.61 Å². The molecule has 5 atom stereocenters. The quantitative estimate of drug-likeness (QED) is 0.244. The third kappa shape index (κ3) is 6.90. The molecular weight excluding hydrogens is 496 g/mol. The fraction of sp³-hybridized carbons (Fsp3) is 1.00. The molecule has 1 heterocycles. The summed E-state index contributed by atoms with van der Waals surface area (Å²) in [6, 6.07) is 0. The second-order valence-electron chi connectivity index (χ2n) is 4.00. The van der Waals surface area contributed by atoms with E-state index in [1.54, 1.807) is 0 Å². The van der Waals surface area contributed by atoms with Crippen molar-refractivity contribution in [2.75, 3.05) is 6.61 Å². The first-order chi connectivity index (χ1) is 10.1. The fourth-order valence-electron chi connectivity index (χ4n) is 1.30. The summed E-state index contributed by atoms with van der Waals surface area (Å²) in [5, 5.41) is 8.67. The lowest BCUT2D eigenvalue weighted by Crippen LogP contribution is -2.37. The minimum absolute atomic E-state index is 0.867. The summed E-state index contributed by atoms with van der Waals surface area (Å²) in [6.45, 7) is -0.867. The highest BCUT2D eigenvalue weighted by atomic mass is 79.9. The minimum Gasteiger partial charge on any atom is -0.387 e. The first-order valence-electron chi connectivity index (χ1n) is 5.19. The SMILES string of the molecule is O=P(O)(O)OP(=O)(O)OP(=O)(O)OC[C@H]1O[C@@H](Br)C(Cl)(Cl)[C@@H]1O. The molecule has 23 heavy (non-hydrogen) atoms. The molecule has 5 N–H and O–H groups in total. The second kappa shape index (κ2) is 7.56. The Morgan fingerprint density at radius 3 is 2.00 bits per heavy atom. The molecule has 18 heteroatoms. The summed E-state index contributed by atoms with van der Waals surface area (Å²) in [5.41, 5.74) is 0. The van der Waals surface area contributed by atoms with E-state index in [1.165, 1.54) is 0 Å². The smallest absolute Gasteiger partial charge is 0.387 e. The van der Waals surface area contributed by atoms with Crippen LogP contribution in [-0.4, -0.2) is 52.8 Å². The van der Waals surface area contributed by atoms with Crippen LogP contribution in [0.1, 0.15) is 0 Å². The van der Waals surface area contributed by atoms with E-state index in [1.807, 2.05) is 0 Å². The van der Waals surface area contributed by atoms with Crippen molar-refractivity contribution >= 4 is 62.6 Å². The number of halogens is 3. The van der Waals surface area contributed by atoms with E-state index >= 15 is 0 Å². The number of phosphoric ester groups is 1. The first-order valence-corrected chi connectivity index (χ1v) is 11.4. The summed E-state index contributed by atoms with van der Waals surface area (Å²) in [7, 11) is -16.4. The van der Waals surface area contributed by atoms with Crippen molar-refractivity contribution in [3.8, 4) is 0 Å². The number of aliphatic hydroxyl groups excluding tert-OH is 1. The van der Waals surface area contributed by atoms with Crippen molar-refractivity contribution in [1.29, 1.82) is 0 Å². The van der Waals surface area contributed by atoms with Gasteiger partial charge in [0.15, 0.2) is 4.33 Å². The molecule has 0 aromatic rings. The normalized spacial score (nSPS) is 33.1. The molecule has 138 valence electrons. The molecule has 1 saturated heterocycles. The third-order valence-electron chi connectivity index (χ3n) is 2.16. The molecule has 0 amide bonds. The lowest BCUT2D eigenvalue weighted by Gasteiger charge is -2.20. The Balaban J connectivity index is 2.65. The molecule has 0 spiro atoms. The first kappa shape index (κ1) is 22.4. The molecule has 12 nitrogen and oxygen atoms in total. The molecule has 1 aliphatic rings. The van der Waals surface area contributed by atoms with E-state index < -0.39 is 51.6 Å². The van der Waals surface area contributed by atoms with Crippen LogP contribution >= 0.6 is 62.6 Å². The van der Waals surface area contributed by atoms with E-state index in [0.29, 0.717) is 0 Å². The molecule has 0 aliphatic carbocycles. The van der Waals surface area contributed by atoms with E-state index in [0.717, 1.165) is 0 Å². The van der Waals surface area contributed by atoms with Crippen molar-refractivity contribution in [3.05, 3.63) is 0 Å². The Morgan fingerprint density at radius 1 is 1.09 bits per heavy atom. The van der Waals surface area contributed by atoms with Crippen LogP contribution in [-0.2, 0) is 31.6 Å². The van der Waals surface area contributed by atoms with Gasteiger partial charge in [-0.25, -0.2) is 13.7 Å². The molecule has 2 unspecified atom stereocenters. The molecule has 0 bridgehead atoms. The number of hydrogen-bond acceptors (Lipinski definition) is 8. The number of aliphatic hydroxyl groups is 1. The molecule has 1 fully saturated rings. The van der Waals surface area contributed by atoms with Gasteiger partial charge in [-0.2, -0.15) is 8.62 Å². The Bertz CT molecular complexity index is 579. The van der Waals surface area contributed by atoms with Crippen LogP contribution in [0.5, 0.6) is 0 Å². The van der Waals surface area contributed by atoms with Crippen LogP contribution in [0.3, 0.4) is 0 Å². The van der Waals surface area contributed by atoms with Gasteiger partial charge in [0, 0.05) is 0 Å². The average molecular weight is 506 g/mol. The van der Waals surface area contributed by atoms with Gasteiger partial charge in [-0.05, 0) is 0 Å². The minimum atomic E-state index is -5.62. The highest BCUT2D eigenvalue weighted by Gasteiger charge is 2.54. The van der Waals surface area contributed by atoms with Crippen molar-refractivity contribution in [2.45, 2.75) is 21.6 Å². The summed E-state index contributed by atoms with van der Waals surface area (Å²) < 4.78 is 47.4. The van der Waals surface area contributed by atoms with Crippen molar-refractivity contribution in [3.63, 3.8) is 0 Å². The molecule has 0 saturated carbocycles. The molecule has 1 aliphatic heterocycles. The van der Waals surface area contributed by atoms with Crippen LogP contribution in [0.25, 0.3) is 0 Å². The molecule has 1 rings (SSSR count). The zero-order chi connectivity index (χ0) is 18.3. The van der Waals surface area contributed by atoms with Gasteiger partial charge in [0.1, 0.15) is 17.2 Å². The number of ether oxygens (including phenoxy) is 1. The van der Waals surface area contributed by atoms with Crippen LogP contribution in [0.15, 0.2) is 0 Å². The maximum absolute atomic E-state index is 11.5. The molecular formula is C5H10BrCl2O12P3. The number of alkyl halides is 3. The highest BCUT2D eigenvalue weighted by Crippen LogP contribution is 2.66. The van der Waals surface area contributed by atoms with Gasteiger partial charge in [0.2, 0.25) is 0 Å². The number of rotatable bonds is 7. The van der Waals surface area contributed by atoms with Gasteiger partial charge in [-0.15, -0.1) is 0 Å². The van der Waals surface area contributed by atoms with Crippen molar-refractivity contribution < 1.29 is 56.3 Å². The van der Waals surface area contributed by atoms with Gasteiger partial charge in [-0.3, -0.25) is 4.52 Å². The zero-order valence-electron chi connectivity index (χ0n) is 10.5. The van der Waals surface area contributed by atoms with Gasteiger partial charge in [0.25, 0.3) is 0 Å². The van der Waals surface area contributed by atoms with Crippen molar-refractivity contribution in [2.24, 2.45) is 0 Å². The number of phosphoric acid groups is 3. The monoisotopic (exact) mass is 504 g/mol. The number of hydrogen-bond donors (Lipinski definition) is 5. The van der Waals surface area contributed by atoms with E-state index in [-0.39, 0.29) is 0 Å². The lowest BCUT2D eigenvalue weighted by molar-refractivity contribution is -0.00165.